The van der Waals surface area contributed by atoms with Crippen molar-refractivity contribution in [2.75, 3.05) is 18.1 Å². The number of halogens is 4. The van der Waals surface area contributed by atoms with Crippen LogP contribution in [0.4, 0.5) is 28.9 Å². The van der Waals surface area contributed by atoms with Crippen molar-refractivity contribution in [2.45, 2.75) is 19.0 Å². The van der Waals surface area contributed by atoms with Gasteiger partial charge in [0.1, 0.15) is 11.5 Å². The van der Waals surface area contributed by atoms with Gasteiger partial charge in [-0.1, -0.05) is 18.2 Å². The van der Waals surface area contributed by atoms with Gasteiger partial charge >= 0.3 is 24.5 Å². The molecule has 3 aromatic rings. The van der Waals surface area contributed by atoms with Crippen molar-refractivity contribution in [1.82, 2.24) is 0 Å². The van der Waals surface area contributed by atoms with Crippen LogP contribution in [-0.4, -0.2) is 31.1 Å². The van der Waals surface area contributed by atoms with Crippen LogP contribution in [0.25, 0.3) is 6.08 Å². The zero-order valence-electron chi connectivity index (χ0n) is 19.2. The maximum Gasteiger partial charge on any atom is 0.461 e. The summed E-state index contributed by atoms with van der Waals surface area (Å²) < 4.78 is 64.5. The van der Waals surface area contributed by atoms with Crippen LogP contribution in [0.5, 0.6) is 11.5 Å². The van der Waals surface area contributed by atoms with Crippen molar-refractivity contribution < 1.29 is 41.4 Å². The number of hydrogen-bond acceptors (Lipinski definition) is 7. The fourth-order valence-corrected chi connectivity index (χ4v) is 2.99. The van der Waals surface area contributed by atoms with Crippen LogP contribution in [0.15, 0.2) is 72.8 Å². The van der Waals surface area contributed by atoms with Crippen LogP contribution in [-0.2, 0) is 16.0 Å². The van der Waals surface area contributed by atoms with E-state index in [0.29, 0.717) is 23.4 Å². The molecule has 0 aliphatic heterocycles. The molecule has 0 unspecified atom stereocenters. The zero-order chi connectivity index (χ0) is 27.0. The van der Waals surface area contributed by atoms with Crippen molar-refractivity contribution in [3.8, 4) is 11.5 Å². The highest BCUT2D eigenvalue weighted by molar-refractivity contribution is 5.91. The van der Waals surface area contributed by atoms with E-state index in [9.17, 15) is 27.2 Å². The SMILES string of the molecule is Nc1ccc(CCOC(=O)C=Cc2ccc(C(=O)Oc3ccc(OC(F)(F)C(F)F)cc3)cc2)c(N)c1. The Bertz CT molecular complexity index is 1260. The van der Waals surface area contributed by atoms with Crippen molar-refractivity contribution in [2.24, 2.45) is 0 Å². The molecule has 3 aromatic carbocycles. The largest absolute Gasteiger partial charge is 0.462 e. The summed E-state index contributed by atoms with van der Waals surface area (Å²) in [6.07, 6.45) is -5.46. The molecule has 0 aliphatic rings. The molecular weight excluding hydrogens is 496 g/mol. The molecule has 4 N–H and O–H groups in total. The lowest BCUT2D eigenvalue weighted by Gasteiger charge is -2.16. The summed E-state index contributed by atoms with van der Waals surface area (Å²) in [7, 11) is 0. The Morgan fingerprint density at radius 3 is 2.19 bits per heavy atom. The predicted octanol–water partition coefficient (Wildman–Crippen LogP) is 5.11. The van der Waals surface area contributed by atoms with E-state index in [2.05, 4.69) is 4.74 Å². The molecular formula is C26H22F4N2O5. The maximum atomic E-state index is 12.9. The Hall–Kier alpha value is -4.54. The maximum absolute atomic E-state index is 12.9. The lowest BCUT2D eigenvalue weighted by atomic mass is 10.1. The Labute approximate surface area is 209 Å². The number of nitrogens with two attached hydrogens (primary N) is 2. The molecule has 0 spiro atoms. The number of alkyl halides is 4. The molecule has 0 aromatic heterocycles. The Balaban J connectivity index is 1.48. The lowest BCUT2D eigenvalue weighted by molar-refractivity contribution is -0.253. The van der Waals surface area contributed by atoms with Gasteiger partial charge in [0.05, 0.1) is 12.2 Å². The molecule has 0 saturated heterocycles. The normalized spacial score (nSPS) is 11.5. The number of carbonyl (C=O) groups excluding carboxylic acids is 2. The first kappa shape index (κ1) is 27.1. The van der Waals surface area contributed by atoms with Crippen LogP contribution in [0.2, 0.25) is 0 Å². The van der Waals surface area contributed by atoms with Gasteiger partial charge in [-0.25, -0.2) is 9.59 Å². The van der Waals surface area contributed by atoms with Crippen molar-refractivity contribution in [1.29, 1.82) is 0 Å². The third-order valence-electron chi connectivity index (χ3n) is 4.89. The summed E-state index contributed by atoms with van der Waals surface area (Å²) in [6.45, 7) is 0.129. The Morgan fingerprint density at radius 1 is 0.919 bits per heavy atom. The monoisotopic (exact) mass is 518 g/mol. The van der Waals surface area contributed by atoms with Gasteiger partial charge in [-0.05, 0) is 65.7 Å². The molecule has 0 amide bonds. The summed E-state index contributed by atoms with van der Waals surface area (Å²) in [5.41, 5.74) is 14.2. The summed E-state index contributed by atoms with van der Waals surface area (Å²) in [4.78, 5) is 24.2. The molecule has 0 atom stereocenters. The number of carbonyl (C=O) groups is 2. The molecule has 0 radical (unpaired) electrons. The summed E-state index contributed by atoms with van der Waals surface area (Å²) >= 11 is 0. The number of benzene rings is 3. The highest BCUT2D eigenvalue weighted by Gasteiger charge is 2.43. The number of ether oxygens (including phenoxy) is 3. The smallest absolute Gasteiger partial charge is 0.461 e. The van der Waals surface area contributed by atoms with E-state index in [4.69, 9.17) is 20.9 Å². The van der Waals surface area contributed by atoms with Gasteiger partial charge in [-0.2, -0.15) is 17.6 Å². The van der Waals surface area contributed by atoms with Crippen molar-refractivity contribution >= 4 is 29.4 Å². The third-order valence-corrected chi connectivity index (χ3v) is 4.89. The second-order valence-corrected chi connectivity index (χ2v) is 7.66. The van der Waals surface area contributed by atoms with E-state index in [1.807, 2.05) is 0 Å². The molecule has 7 nitrogen and oxygen atoms in total. The van der Waals surface area contributed by atoms with E-state index >= 15 is 0 Å². The molecule has 0 fully saturated rings. The lowest BCUT2D eigenvalue weighted by Crippen LogP contribution is -2.33. The number of nitrogen functional groups attached to an aromatic ring is 2. The summed E-state index contributed by atoms with van der Waals surface area (Å²) in [5, 5.41) is 0. The fourth-order valence-electron chi connectivity index (χ4n) is 2.99. The topological polar surface area (TPSA) is 114 Å². The average Bonchev–Trinajstić information content (AvgIpc) is 2.85. The molecule has 0 heterocycles. The van der Waals surface area contributed by atoms with Gasteiger partial charge in [0.2, 0.25) is 0 Å². The molecule has 11 heteroatoms. The van der Waals surface area contributed by atoms with Gasteiger partial charge in [-0.3, -0.25) is 0 Å². The molecule has 3 rings (SSSR count). The minimum atomic E-state index is -4.64. The first-order valence-corrected chi connectivity index (χ1v) is 10.8. The van der Waals surface area contributed by atoms with Crippen LogP contribution in [0, 0.1) is 0 Å². The van der Waals surface area contributed by atoms with E-state index in [-0.39, 0.29) is 17.9 Å². The first-order chi connectivity index (χ1) is 17.5. The van der Waals surface area contributed by atoms with Crippen LogP contribution >= 0.6 is 0 Å². The number of anilines is 2. The van der Waals surface area contributed by atoms with Gasteiger partial charge in [0.15, 0.2) is 0 Å². The predicted molar refractivity (Wildman–Crippen MR) is 128 cm³/mol. The molecule has 0 bridgehead atoms. The number of esters is 2. The van der Waals surface area contributed by atoms with E-state index in [1.165, 1.54) is 24.3 Å². The Kier molecular flexibility index (Phi) is 8.72. The molecule has 194 valence electrons. The first-order valence-electron chi connectivity index (χ1n) is 10.8. The van der Waals surface area contributed by atoms with E-state index < -0.39 is 30.2 Å². The number of rotatable bonds is 10. The van der Waals surface area contributed by atoms with Gasteiger partial charge in [-0.15, -0.1) is 0 Å². The van der Waals surface area contributed by atoms with E-state index in [1.54, 1.807) is 30.3 Å². The van der Waals surface area contributed by atoms with Crippen molar-refractivity contribution in [3.63, 3.8) is 0 Å². The van der Waals surface area contributed by atoms with Gasteiger partial charge in [0.25, 0.3) is 0 Å². The zero-order valence-corrected chi connectivity index (χ0v) is 19.2. The minimum absolute atomic E-state index is 0.00911. The summed E-state index contributed by atoms with van der Waals surface area (Å²) in [6, 6.07) is 15.3. The number of hydrogen-bond donors (Lipinski definition) is 2. The van der Waals surface area contributed by atoms with Gasteiger partial charge < -0.3 is 25.7 Å². The van der Waals surface area contributed by atoms with Gasteiger partial charge in [0, 0.05) is 23.9 Å². The van der Waals surface area contributed by atoms with Crippen LogP contribution in [0.3, 0.4) is 0 Å². The van der Waals surface area contributed by atoms with Crippen LogP contribution in [0.1, 0.15) is 21.5 Å². The Morgan fingerprint density at radius 2 is 1.57 bits per heavy atom. The molecule has 0 saturated carbocycles. The summed E-state index contributed by atoms with van der Waals surface area (Å²) in [5.74, 6) is -1.83. The molecule has 37 heavy (non-hydrogen) atoms. The second-order valence-electron chi connectivity index (χ2n) is 7.66. The molecule has 0 aliphatic carbocycles. The third kappa shape index (κ3) is 7.99. The quantitative estimate of drug-likeness (QED) is 0.126. The standard InChI is InChI=1S/C26H22F4N2O5/c27-25(28)26(29,30)37-21-10-8-20(9-11-21)36-24(34)18-4-1-16(2-5-18)3-12-23(33)35-14-13-17-6-7-19(31)15-22(17)32/h1-12,15,25H,13-14,31-32H2. The van der Waals surface area contributed by atoms with E-state index in [0.717, 1.165) is 29.8 Å². The fraction of sp³-hybridized carbons (Fsp3) is 0.154. The minimum Gasteiger partial charge on any atom is -0.462 e. The van der Waals surface area contributed by atoms with Crippen molar-refractivity contribution in [3.05, 3.63) is 89.5 Å². The average molecular weight is 518 g/mol. The second kappa shape index (κ2) is 11.9. The van der Waals surface area contributed by atoms with Crippen LogP contribution < -0.4 is 20.9 Å². The highest BCUT2D eigenvalue weighted by Crippen LogP contribution is 2.28. The highest BCUT2D eigenvalue weighted by atomic mass is 19.3.